The molecule has 1 fully saturated rings. The minimum Gasteiger partial charge on any atom is -0.371 e. The van der Waals surface area contributed by atoms with Gasteiger partial charge in [0.1, 0.15) is 5.84 Å². The molecular weight excluding hydrogens is 382 g/mol. The van der Waals surface area contributed by atoms with E-state index >= 15 is 0 Å². The van der Waals surface area contributed by atoms with Crippen molar-refractivity contribution in [2.75, 3.05) is 28.7 Å². The molecular formula is C19H22BrN3S. The highest BCUT2D eigenvalue weighted by atomic mass is 79.9. The summed E-state index contributed by atoms with van der Waals surface area (Å²) in [6.45, 7) is 8.32. The molecule has 2 aliphatic rings. The summed E-state index contributed by atoms with van der Waals surface area (Å²) in [5.41, 5.74) is 3.20. The zero-order valence-corrected chi connectivity index (χ0v) is 16.0. The number of fused-ring (bicyclic) bond motifs is 1. The Balaban J connectivity index is 1.93. The Morgan fingerprint density at radius 1 is 1.29 bits per heavy atom. The second kappa shape index (κ2) is 7.62. The van der Waals surface area contributed by atoms with E-state index in [9.17, 15) is 0 Å². The largest absolute Gasteiger partial charge is 0.371 e. The van der Waals surface area contributed by atoms with Crippen molar-refractivity contribution < 1.29 is 0 Å². The van der Waals surface area contributed by atoms with E-state index in [4.69, 9.17) is 4.99 Å². The number of anilines is 2. The molecule has 24 heavy (non-hydrogen) atoms. The van der Waals surface area contributed by atoms with Crippen molar-refractivity contribution in [2.24, 2.45) is 4.99 Å². The van der Waals surface area contributed by atoms with Gasteiger partial charge in [-0.15, -0.1) is 0 Å². The van der Waals surface area contributed by atoms with Gasteiger partial charge in [0.25, 0.3) is 0 Å². The second-order valence-corrected chi connectivity index (χ2v) is 8.17. The number of nitrogens with one attached hydrogen (secondary N) is 2. The first-order valence-corrected chi connectivity index (χ1v) is 10.0. The van der Waals surface area contributed by atoms with Gasteiger partial charge < -0.3 is 10.6 Å². The van der Waals surface area contributed by atoms with E-state index in [2.05, 4.69) is 57.9 Å². The molecule has 5 heteroatoms. The average Bonchev–Trinajstić information content (AvgIpc) is 2.59. The maximum absolute atomic E-state index is 4.93. The maximum Gasteiger partial charge on any atom is 0.127 e. The van der Waals surface area contributed by atoms with Gasteiger partial charge in [-0.05, 0) is 42.1 Å². The third-order valence-electron chi connectivity index (χ3n) is 4.43. The molecule has 0 aliphatic carbocycles. The van der Waals surface area contributed by atoms with E-state index in [1.807, 2.05) is 23.9 Å². The van der Waals surface area contributed by atoms with Crippen molar-refractivity contribution in [3.05, 3.63) is 59.6 Å². The number of aliphatic imine (C=N–C) groups is 1. The molecule has 0 atom stereocenters. The summed E-state index contributed by atoms with van der Waals surface area (Å²) >= 11 is 5.48. The van der Waals surface area contributed by atoms with Crippen LogP contribution in [0.3, 0.4) is 0 Å². The van der Waals surface area contributed by atoms with Gasteiger partial charge in [0.15, 0.2) is 0 Å². The lowest BCUT2D eigenvalue weighted by Gasteiger charge is -2.43. The van der Waals surface area contributed by atoms with E-state index in [-0.39, 0.29) is 5.54 Å². The van der Waals surface area contributed by atoms with E-state index in [1.165, 1.54) is 0 Å². The molecule has 1 aromatic rings. The van der Waals surface area contributed by atoms with Crippen molar-refractivity contribution in [2.45, 2.75) is 18.4 Å². The number of halogens is 1. The monoisotopic (exact) mass is 403 g/mol. The molecule has 2 N–H and O–H groups in total. The normalized spacial score (nSPS) is 20.9. The quantitative estimate of drug-likeness (QED) is 0.677. The number of nitrogens with zero attached hydrogens (tertiary/aromatic N) is 1. The van der Waals surface area contributed by atoms with Crippen LogP contribution in [0, 0.1) is 0 Å². The molecule has 1 saturated heterocycles. The molecule has 2 heterocycles. The molecule has 0 unspecified atom stereocenters. The molecule has 1 aromatic carbocycles. The summed E-state index contributed by atoms with van der Waals surface area (Å²) in [7, 11) is 0. The smallest absolute Gasteiger partial charge is 0.127 e. The van der Waals surface area contributed by atoms with Crippen molar-refractivity contribution in [1.29, 1.82) is 0 Å². The summed E-state index contributed by atoms with van der Waals surface area (Å²) < 4.78 is 0.851. The van der Waals surface area contributed by atoms with Crippen LogP contribution in [-0.4, -0.2) is 29.4 Å². The number of hydrogen-bond acceptors (Lipinski definition) is 3. The lowest BCUT2D eigenvalue weighted by atomic mass is 9.87. The Kier molecular flexibility index (Phi) is 5.51. The number of rotatable bonds is 4. The average molecular weight is 404 g/mol. The minimum atomic E-state index is -0.0907. The van der Waals surface area contributed by atoms with E-state index in [0.717, 1.165) is 51.6 Å². The van der Waals surface area contributed by atoms with Gasteiger partial charge in [-0.3, -0.25) is 4.99 Å². The van der Waals surface area contributed by atoms with Crippen molar-refractivity contribution in [3.8, 4) is 0 Å². The summed E-state index contributed by atoms with van der Waals surface area (Å²) in [6, 6.07) is 8.34. The molecule has 2 aliphatic heterocycles. The highest BCUT2D eigenvalue weighted by molar-refractivity contribution is 9.11. The zero-order valence-electron chi connectivity index (χ0n) is 13.6. The van der Waals surface area contributed by atoms with Crippen LogP contribution in [0.2, 0.25) is 0 Å². The Hall–Kier alpha value is -1.46. The van der Waals surface area contributed by atoms with Crippen molar-refractivity contribution in [3.63, 3.8) is 0 Å². The number of thioether (sulfide) groups is 1. The van der Waals surface area contributed by atoms with E-state index in [1.54, 1.807) is 6.08 Å². The Morgan fingerprint density at radius 2 is 2.00 bits per heavy atom. The van der Waals surface area contributed by atoms with Crippen LogP contribution in [0.1, 0.15) is 12.8 Å². The van der Waals surface area contributed by atoms with Crippen LogP contribution in [0.5, 0.6) is 0 Å². The third-order valence-corrected chi connectivity index (χ3v) is 5.92. The predicted octanol–water partition coefficient (Wildman–Crippen LogP) is 5.21. The molecule has 0 saturated carbocycles. The summed E-state index contributed by atoms with van der Waals surface area (Å²) in [5, 5.41) is 7.34. The lowest BCUT2D eigenvalue weighted by Crippen LogP contribution is -2.54. The maximum atomic E-state index is 4.93. The molecule has 3 rings (SSSR count). The zero-order chi connectivity index (χ0) is 17.0. The van der Waals surface area contributed by atoms with Crippen LogP contribution in [0.25, 0.3) is 0 Å². The Morgan fingerprint density at radius 3 is 2.67 bits per heavy atom. The lowest BCUT2D eigenvalue weighted by molar-refractivity contribution is 0.560. The number of para-hydroxylation sites is 2. The second-order valence-electron chi connectivity index (χ2n) is 5.99. The van der Waals surface area contributed by atoms with E-state index in [0.29, 0.717) is 6.54 Å². The number of hydrogen-bond donors (Lipinski definition) is 2. The van der Waals surface area contributed by atoms with Crippen molar-refractivity contribution in [1.82, 2.24) is 0 Å². The topological polar surface area (TPSA) is 36.4 Å². The highest BCUT2D eigenvalue weighted by Crippen LogP contribution is 2.38. The molecule has 0 radical (unpaired) electrons. The number of amidine groups is 1. The molecule has 1 spiro atoms. The van der Waals surface area contributed by atoms with Gasteiger partial charge >= 0.3 is 0 Å². The highest BCUT2D eigenvalue weighted by Gasteiger charge is 2.40. The van der Waals surface area contributed by atoms with Gasteiger partial charge in [0, 0.05) is 4.48 Å². The summed E-state index contributed by atoms with van der Waals surface area (Å²) in [6.07, 6.45) is 5.88. The number of allylic oxidation sites excluding steroid dienone is 2. The van der Waals surface area contributed by atoms with Crippen LogP contribution in [0.15, 0.2) is 64.6 Å². The SMILES string of the molecule is C=C/C=C(/CN=C1Nc2ccccc2NC12CCSCC2)C(=C)Br. The van der Waals surface area contributed by atoms with Gasteiger partial charge in [-0.2, -0.15) is 11.8 Å². The van der Waals surface area contributed by atoms with E-state index < -0.39 is 0 Å². The molecule has 3 nitrogen and oxygen atoms in total. The Labute approximate surface area is 156 Å². The molecule has 0 aromatic heterocycles. The fourth-order valence-electron chi connectivity index (χ4n) is 3.07. The Bertz CT molecular complexity index is 702. The van der Waals surface area contributed by atoms with Gasteiger partial charge in [-0.1, -0.05) is 53.4 Å². The van der Waals surface area contributed by atoms with Crippen LogP contribution >= 0.6 is 27.7 Å². The van der Waals surface area contributed by atoms with Gasteiger partial charge in [0.2, 0.25) is 0 Å². The fourth-order valence-corrected chi connectivity index (χ4v) is 4.52. The minimum absolute atomic E-state index is 0.0907. The number of benzene rings is 1. The van der Waals surface area contributed by atoms with Gasteiger partial charge in [0.05, 0.1) is 23.5 Å². The molecule has 0 bridgehead atoms. The first-order valence-electron chi connectivity index (χ1n) is 8.08. The van der Waals surface area contributed by atoms with Crippen molar-refractivity contribution >= 4 is 44.9 Å². The third kappa shape index (κ3) is 3.62. The fraction of sp³-hybridized carbons (Fsp3) is 0.316. The van der Waals surface area contributed by atoms with Crippen LogP contribution < -0.4 is 10.6 Å². The summed E-state index contributed by atoms with van der Waals surface area (Å²) in [5.74, 6) is 3.33. The molecule has 0 amide bonds. The van der Waals surface area contributed by atoms with Crippen LogP contribution in [-0.2, 0) is 0 Å². The summed E-state index contributed by atoms with van der Waals surface area (Å²) in [4.78, 5) is 4.93. The molecule has 126 valence electrons. The standard InChI is InChI=1S/C19H22BrN3S/c1-3-6-15(14(2)20)13-21-18-19(9-11-24-12-10-19)23-17-8-5-4-7-16(17)22-18/h3-8,23H,1-2,9-13H2,(H,21,22)/b15-6-. The first-order chi connectivity index (χ1) is 11.6. The first kappa shape index (κ1) is 17.4. The predicted molar refractivity (Wildman–Crippen MR) is 112 cm³/mol. The van der Waals surface area contributed by atoms with Gasteiger partial charge in [-0.25, -0.2) is 0 Å². The van der Waals surface area contributed by atoms with Crippen LogP contribution in [0.4, 0.5) is 11.4 Å².